The van der Waals surface area contributed by atoms with Gasteiger partial charge in [-0.15, -0.1) is 11.3 Å². The number of nitrogens with one attached hydrogen (secondary N) is 1. The van der Waals surface area contributed by atoms with E-state index >= 15 is 0 Å². The minimum atomic E-state index is -0.214. The zero-order valence-electron chi connectivity index (χ0n) is 17.8. The van der Waals surface area contributed by atoms with Gasteiger partial charge in [-0.2, -0.15) is 5.10 Å². The van der Waals surface area contributed by atoms with E-state index in [2.05, 4.69) is 44.6 Å². The summed E-state index contributed by atoms with van der Waals surface area (Å²) in [5.74, 6) is -0.214. The fraction of sp³-hybridized carbons (Fsp3) is 0.125. The number of hydrogen-bond donors (Lipinski definition) is 1. The van der Waals surface area contributed by atoms with Gasteiger partial charge in [-0.3, -0.25) is 18.8 Å². The van der Waals surface area contributed by atoms with E-state index in [-0.39, 0.29) is 24.4 Å². The topological polar surface area (TPSA) is 94.7 Å². The number of anilines is 1. The second-order valence-corrected chi connectivity index (χ2v) is 8.39. The molecule has 0 fully saturated rings. The average molecular weight is 457 g/mol. The second-order valence-electron chi connectivity index (χ2n) is 7.53. The summed E-state index contributed by atoms with van der Waals surface area (Å²) in [6.07, 6.45) is 3.07. The van der Waals surface area contributed by atoms with Gasteiger partial charge in [0.15, 0.2) is 10.8 Å². The molecule has 0 saturated heterocycles. The summed E-state index contributed by atoms with van der Waals surface area (Å²) in [4.78, 5) is 33.7. The van der Waals surface area contributed by atoms with Gasteiger partial charge in [0.25, 0.3) is 5.56 Å². The molecule has 0 aliphatic carbocycles. The quantitative estimate of drug-likeness (QED) is 0.418. The molecule has 164 valence electrons. The summed E-state index contributed by atoms with van der Waals surface area (Å²) in [7, 11) is 1.73. The predicted molar refractivity (Wildman–Crippen MR) is 129 cm³/mol. The van der Waals surface area contributed by atoms with E-state index in [0.717, 1.165) is 22.4 Å². The maximum atomic E-state index is 12.5. The van der Waals surface area contributed by atoms with Crippen molar-refractivity contribution in [1.82, 2.24) is 24.3 Å². The molecule has 0 radical (unpaired) electrons. The number of carbonyl (C=O) groups excluding carboxylic acids is 1. The van der Waals surface area contributed by atoms with Crippen LogP contribution in [0.1, 0.15) is 6.42 Å². The molecule has 1 N–H and O–H groups in total. The number of aromatic nitrogens is 5. The third kappa shape index (κ3) is 4.31. The van der Waals surface area contributed by atoms with Crippen molar-refractivity contribution < 1.29 is 4.79 Å². The molecule has 0 atom stereocenters. The van der Waals surface area contributed by atoms with Crippen LogP contribution in [0.25, 0.3) is 33.4 Å². The Balaban J connectivity index is 1.22. The molecule has 0 bridgehead atoms. The Hall–Kier alpha value is -4.11. The largest absolute Gasteiger partial charge is 0.302 e. The molecule has 0 aliphatic heterocycles. The van der Waals surface area contributed by atoms with Crippen molar-refractivity contribution in [3.05, 3.63) is 82.9 Å². The molecule has 33 heavy (non-hydrogen) atoms. The van der Waals surface area contributed by atoms with Crippen LogP contribution in [0.5, 0.6) is 0 Å². The summed E-state index contributed by atoms with van der Waals surface area (Å²) >= 11 is 1.37. The van der Waals surface area contributed by atoms with Gasteiger partial charge in [0, 0.05) is 31.0 Å². The van der Waals surface area contributed by atoms with Crippen molar-refractivity contribution in [2.24, 2.45) is 7.05 Å². The number of hydrogen-bond acceptors (Lipinski definition) is 6. The van der Waals surface area contributed by atoms with E-state index in [0.29, 0.717) is 16.2 Å². The third-order valence-electron chi connectivity index (χ3n) is 5.34. The molecule has 5 aromatic rings. The van der Waals surface area contributed by atoms with Gasteiger partial charge in [0.05, 0.1) is 18.2 Å². The maximum Gasteiger partial charge on any atom is 0.264 e. The number of fused-ring (bicyclic) bond motifs is 1. The maximum absolute atomic E-state index is 12.5. The lowest BCUT2D eigenvalue weighted by Crippen LogP contribution is -2.23. The molecule has 0 spiro atoms. The molecule has 8 nitrogen and oxygen atoms in total. The number of aryl methyl sites for hydroxylation is 2. The van der Waals surface area contributed by atoms with Crippen molar-refractivity contribution in [3.8, 4) is 22.4 Å². The van der Waals surface area contributed by atoms with Crippen LogP contribution in [-0.2, 0) is 18.4 Å². The van der Waals surface area contributed by atoms with Crippen LogP contribution >= 0.6 is 11.3 Å². The van der Waals surface area contributed by atoms with Crippen molar-refractivity contribution in [2.45, 2.75) is 13.0 Å². The van der Waals surface area contributed by atoms with E-state index < -0.39 is 0 Å². The van der Waals surface area contributed by atoms with Crippen molar-refractivity contribution >= 4 is 33.4 Å². The molecule has 9 heteroatoms. The summed E-state index contributed by atoms with van der Waals surface area (Å²) in [5.41, 5.74) is 4.39. The van der Waals surface area contributed by atoms with E-state index in [1.807, 2.05) is 35.7 Å². The standard InChI is InChI=1S/C24H20N6O2S/c1-29-22-19(13-26-29)23(32)30(15-25-22)12-11-21(31)28-24-27-20(14-33-24)18-9-7-17(8-10-18)16-5-3-2-4-6-16/h2-10,13-15H,11-12H2,1H3,(H,27,28,31). The molecular weight excluding hydrogens is 436 g/mol. The fourth-order valence-electron chi connectivity index (χ4n) is 3.56. The first-order valence-electron chi connectivity index (χ1n) is 10.4. The smallest absolute Gasteiger partial charge is 0.264 e. The minimum Gasteiger partial charge on any atom is -0.302 e. The Labute approximate surface area is 193 Å². The molecule has 0 unspecified atom stereocenters. The van der Waals surface area contributed by atoms with Gasteiger partial charge in [-0.1, -0.05) is 54.6 Å². The number of nitrogens with zero attached hydrogens (tertiary/aromatic N) is 5. The first kappa shape index (κ1) is 20.8. The number of thiazole rings is 1. The zero-order chi connectivity index (χ0) is 22.8. The number of rotatable bonds is 6. The van der Waals surface area contributed by atoms with Crippen LogP contribution in [-0.4, -0.2) is 30.2 Å². The zero-order valence-corrected chi connectivity index (χ0v) is 18.6. The van der Waals surface area contributed by atoms with Gasteiger partial charge in [0.1, 0.15) is 5.39 Å². The van der Waals surface area contributed by atoms with Crippen LogP contribution in [0.15, 0.2) is 77.3 Å². The number of benzene rings is 2. The van der Waals surface area contributed by atoms with Crippen LogP contribution in [0, 0.1) is 0 Å². The number of carbonyl (C=O) groups is 1. The lowest BCUT2D eigenvalue weighted by atomic mass is 10.0. The van der Waals surface area contributed by atoms with E-state index in [9.17, 15) is 9.59 Å². The molecule has 2 aromatic carbocycles. The highest BCUT2D eigenvalue weighted by atomic mass is 32.1. The van der Waals surface area contributed by atoms with E-state index in [1.165, 1.54) is 28.4 Å². The van der Waals surface area contributed by atoms with Crippen LogP contribution in [0.2, 0.25) is 0 Å². The third-order valence-corrected chi connectivity index (χ3v) is 6.09. The van der Waals surface area contributed by atoms with Gasteiger partial charge < -0.3 is 5.32 Å². The highest BCUT2D eigenvalue weighted by Crippen LogP contribution is 2.27. The second kappa shape index (κ2) is 8.79. The Morgan fingerprint density at radius 1 is 1.03 bits per heavy atom. The molecule has 5 rings (SSSR count). The summed E-state index contributed by atoms with van der Waals surface area (Å²) in [6, 6.07) is 18.4. The van der Waals surface area contributed by atoms with Crippen molar-refractivity contribution in [2.75, 3.05) is 5.32 Å². The lowest BCUT2D eigenvalue weighted by molar-refractivity contribution is -0.116. The molecule has 0 aliphatic rings. The van der Waals surface area contributed by atoms with Crippen LogP contribution in [0.3, 0.4) is 0 Å². The van der Waals surface area contributed by atoms with E-state index in [4.69, 9.17) is 0 Å². The first-order chi connectivity index (χ1) is 16.1. The predicted octanol–water partition coefficient (Wildman–Crippen LogP) is 3.95. The van der Waals surface area contributed by atoms with Gasteiger partial charge in [-0.25, -0.2) is 9.97 Å². The van der Waals surface area contributed by atoms with E-state index in [1.54, 1.807) is 11.7 Å². The number of amides is 1. The van der Waals surface area contributed by atoms with Gasteiger partial charge >= 0.3 is 0 Å². The molecule has 1 amide bonds. The van der Waals surface area contributed by atoms with Gasteiger partial charge in [-0.05, 0) is 11.1 Å². The fourth-order valence-corrected chi connectivity index (χ4v) is 4.29. The molecule has 3 aromatic heterocycles. The van der Waals surface area contributed by atoms with Crippen LogP contribution < -0.4 is 10.9 Å². The summed E-state index contributed by atoms with van der Waals surface area (Å²) in [5, 5.41) is 9.74. The van der Waals surface area contributed by atoms with Gasteiger partial charge in [0.2, 0.25) is 5.91 Å². The highest BCUT2D eigenvalue weighted by molar-refractivity contribution is 7.14. The Morgan fingerprint density at radius 3 is 2.55 bits per heavy atom. The first-order valence-corrected chi connectivity index (χ1v) is 11.2. The van der Waals surface area contributed by atoms with Crippen molar-refractivity contribution in [1.29, 1.82) is 0 Å². The lowest BCUT2D eigenvalue weighted by Gasteiger charge is -2.05. The average Bonchev–Trinajstić information content (AvgIpc) is 3.46. The normalized spacial score (nSPS) is 11.1. The highest BCUT2D eigenvalue weighted by Gasteiger charge is 2.11. The monoisotopic (exact) mass is 456 g/mol. The minimum absolute atomic E-state index is 0.133. The molecular formula is C24H20N6O2S. The Morgan fingerprint density at radius 2 is 1.76 bits per heavy atom. The SMILES string of the molecule is Cn1ncc2c(=O)n(CCC(=O)Nc3nc(-c4ccc(-c5ccccc5)cc4)cs3)cnc21. The van der Waals surface area contributed by atoms with Crippen molar-refractivity contribution in [3.63, 3.8) is 0 Å². The summed E-state index contributed by atoms with van der Waals surface area (Å²) in [6.45, 7) is 0.224. The Kier molecular flexibility index (Phi) is 5.54. The molecule has 3 heterocycles. The molecule has 0 saturated carbocycles. The van der Waals surface area contributed by atoms with Crippen LogP contribution in [0.4, 0.5) is 5.13 Å². The Bertz CT molecular complexity index is 1490. The summed E-state index contributed by atoms with van der Waals surface area (Å²) < 4.78 is 2.97.